The predicted molar refractivity (Wildman–Crippen MR) is 95.3 cm³/mol. The summed E-state index contributed by atoms with van der Waals surface area (Å²) in [6.07, 6.45) is 1.53. The first-order valence-corrected chi connectivity index (χ1v) is 8.63. The van der Waals surface area contributed by atoms with Crippen LogP contribution in [0.5, 0.6) is 5.88 Å². The topological polar surface area (TPSA) is 82.8 Å². The summed E-state index contributed by atoms with van der Waals surface area (Å²) in [5.41, 5.74) is 0.258. The van der Waals surface area contributed by atoms with E-state index < -0.39 is 11.6 Å². The summed E-state index contributed by atoms with van der Waals surface area (Å²) in [6.45, 7) is 3.29. The Bertz CT molecular complexity index is 1040. The lowest BCUT2D eigenvalue weighted by molar-refractivity contribution is 0.282. The largest absolute Gasteiger partial charge is 0.472 e. The minimum absolute atomic E-state index is 0.0191. The molecule has 0 aliphatic heterocycles. The van der Waals surface area contributed by atoms with Crippen LogP contribution in [0.25, 0.3) is 0 Å². The second kappa shape index (κ2) is 7.87. The molecule has 140 valence electrons. The molecule has 2 heterocycles. The molecular weight excluding hydrogens is 424 g/mol. The molecule has 0 unspecified atom stereocenters. The summed E-state index contributed by atoms with van der Waals surface area (Å²) < 4.78 is 33.6. The highest BCUT2D eigenvalue weighted by molar-refractivity contribution is 9.10. The van der Waals surface area contributed by atoms with Crippen LogP contribution in [0.2, 0.25) is 0 Å². The van der Waals surface area contributed by atoms with E-state index in [4.69, 9.17) is 4.74 Å². The Morgan fingerprint density at radius 1 is 1.22 bits per heavy atom. The molecule has 0 radical (unpaired) electrons. The molecule has 3 rings (SSSR count). The molecule has 0 saturated carbocycles. The van der Waals surface area contributed by atoms with Gasteiger partial charge in [0.2, 0.25) is 5.88 Å². The van der Waals surface area contributed by atoms with Crippen molar-refractivity contribution in [2.75, 3.05) is 0 Å². The van der Waals surface area contributed by atoms with Crippen molar-refractivity contribution in [3.63, 3.8) is 0 Å². The number of nitrogens with zero attached hydrogens (tertiary/aromatic N) is 5. The SMILES string of the molecule is Cc1ncc(Cn2c(C)nc(OCc3ccc(F)cc3F)c(Br)c2=O)nn1. The quantitative estimate of drug-likeness (QED) is 0.610. The van der Waals surface area contributed by atoms with E-state index in [0.717, 1.165) is 12.1 Å². The van der Waals surface area contributed by atoms with Crippen LogP contribution in [0.15, 0.2) is 33.7 Å². The van der Waals surface area contributed by atoms with Crippen molar-refractivity contribution in [1.82, 2.24) is 24.7 Å². The van der Waals surface area contributed by atoms with Gasteiger partial charge in [-0.15, -0.1) is 5.10 Å². The van der Waals surface area contributed by atoms with Crippen molar-refractivity contribution in [1.29, 1.82) is 0 Å². The molecule has 0 bridgehead atoms. The van der Waals surface area contributed by atoms with Crippen LogP contribution in [0.4, 0.5) is 8.78 Å². The molecule has 0 atom stereocenters. The first-order valence-electron chi connectivity index (χ1n) is 7.84. The Hall–Kier alpha value is -2.75. The number of benzene rings is 1. The molecule has 2 aromatic heterocycles. The van der Waals surface area contributed by atoms with Gasteiger partial charge in [0.25, 0.3) is 5.56 Å². The maximum Gasteiger partial charge on any atom is 0.272 e. The van der Waals surface area contributed by atoms with Crippen LogP contribution >= 0.6 is 15.9 Å². The van der Waals surface area contributed by atoms with E-state index in [2.05, 4.69) is 36.1 Å². The van der Waals surface area contributed by atoms with Gasteiger partial charge in [0.15, 0.2) is 0 Å². The van der Waals surface area contributed by atoms with Gasteiger partial charge in [0.1, 0.15) is 40.1 Å². The fourth-order valence-corrected chi connectivity index (χ4v) is 2.69. The van der Waals surface area contributed by atoms with Crippen molar-refractivity contribution in [3.05, 3.63) is 73.8 Å². The zero-order valence-electron chi connectivity index (χ0n) is 14.4. The van der Waals surface area contributed by atoms with Crippen LogP contribution in [-0.2, 0) is 13.2 Å². The van der Waals surface area contributed by atoms with Crippen molar-refractivity contribution < 1.29 is 13.5 Å². The van der Waals surface area contributed by atoms with E-state index in [-0.39, 0.29) is 34.6 Å². The molecular formula is C17H14BrF2N5O2. The van der Waals surface area contributed by atoms with E-state index in [0.29, 0.717) is 17.3 Å². The normalized spacial score (nSPS) is 10.9. The van der Waals surface area contributed by atoms with Crippen LogP contribution < -0.4 is 10.3 Å². The summed E-state index contributed by atoms with van der Waals surface area (Å²) in [5, 5.41) is 7.84. The van der Waals surface area contributed by atoms with E-state index in [1.54, 1.807) is 13.8 Å². The zero-order valence-corrected chi connectivity index (χ0v) is 16.0. The average molecular weight is 438 g/mol. The summed E-state index contributed by atoms with van der Waals surface area (Å²) >= 11 is 3.17. The molecule has 0 N–H and O–H groups in total. The molecule has 0 spiro atoms. The first-order chi connectivity index (χ1) is 12.8. The van der Waals surface area contributed by atoms with Gasteiger partial charge < -0.3 is 4.74 Å². The highest BCUT2D eigenvalue weighted by Gasteiger charge is 2.16. The van der Waals surface area contributed by atoms with Gasteiger partial charge >= 0.3 is 0 Å². The predicted octanol–water partition coefficient (Wildman–Crippen LogP) is 2.71. The third-order valence-electron chi connectivity index (χ3n) is 3.70. The average Bonchev–Trinajstić information content (AvgIpc) is 2.63. The third-order valence-corrected chi connectivity index (χ3v) is 4.38. The van der Waals surface area contributed by atoms with Crippen LogP contribution in [-0.4, -0.2) is 24.7 Å². The molecule has 10 heteroatoms. The molecule has 0 fully saturated rings. The highest BCUT2D eigenvalue weighted by atomic mass is 79.9. The van der Waals surface area contributed by atoms with Gasteiger partial charge in [-0.2, -0.15) is 10.1 Å². The van der Waals surface area contributed by atoms with E-state index in [1.165, 1.54) is 16.8 Å². The monoisotopic (exact) mass is 437 g/mol. The maximum absolute atomic E-state index is 13.7. The zero-order chi connectivity index (χ0) is 19.6. The fourth-order valence-electron chi connectivity index (χ4n) is 2.27. The van der Waals surface area contributed by atoms with Crippen molar-refractivity contribution in [3.8, 4) is 5.88 Å². The van der Waals surface area contributed by atoms with E-state index >= 15 is 0 Å². The van der Waals surface area contributed by atoms with E-state index in [1.807, 2.05) is 0 Å². The van der Waals surface area contributed by atoms with Gasteiger partial charge in [0.05, 0.1) is 12.7 Å². The Morgan fingerprint density at radius 3 is 2.67 bits per heavy atom. The Kier molecular flexibility index (Phi) is 5.54. The molecule has 0 amide bonds. The number of hydrogen-bond donors (Lipinski definition) is 0. The van der Waals surface area contributed by atoms with Crippen LogP contribution in [0.1, 0.15) is 22.9 Å². The lowest BCUT2D eigenvalue weighted by Gasteiger charge is -2.13. The third kappa shape index (κ3) is 4.33. The molecule has 0 aliphatic rings. The van der Waals surface area contributed by atoms with Crippen molar-refractivity contribution >= 4 is 15.9 Å². The summed E-state index contributed by atoms with van der Waals surface area (Å²) in [7, 11) is 0. The number of hydrogen-bond acceptors (Lipinski definition) is 6. The number of rotatable bonds is 5. The Morgan fingerprint density at radius 2 is 2.00 bits per heavy atom. The van der Waals surface area contributed by atoms with Gasteiger partial charge in [0, 0.05) is 11.6 Å². The number of aromatic nitrogens is 5. The Labute approximate surface area is 161 Å². The van der Waals surface area contributed by atoms with Crippen LogP contribution in [0.3, 0.4) is 0 Å². The van der Waals surface area contributed by atoms with Crippen LogP contribution in [0, 0.1) is 25.5 Å². The minimum Gasteiger partial charge on any atom is -0.472 e. The van der Waals surface area contributed by atoms with Gasteiger partial charge in [-0.3, -0.25) is 9.36 Å². The molecule has 7 nitrogen and oxygen atoms in total. The van der Waals surface area contributed by atoms with E-state index in [9.17, 15) is 13.6 Å². The van der Waals surface area contributed by atoms with Crippen molar-refractivity contribution in [2.45, 2.75) is 27.0 Å². The minimum atomic E-state index is -0.735. The van der Waals surface area contributed by atoms with Gasteiger partial charge in [-0.25, -0.2) is 13.8 Å². The highest BCUT2D eigenvalue weighted by Crippen LogP contribution is 2.21. The lowest BCUT2D eigenvalue weighted by atomic mass is 10.2. The number of aryl methyl sites for hydroxylation is 2. The first kappa shape index (κ1) is 19.0. The summed E-state index contributed by atoms with van der Waals surface area (Å²) in [4.78, 5) is 20.9. The molecule has 0 aliphatic carbocycles. The second-order valence-electron chi connectivity index (χ2n) is 5.69. The lowest BCUT2D eigenvalue weighted by Crippen LogP contribution is -2.26. The number of ether oxygens (including phenoxy) is 1. The molecule has 1 aromatic carbocycles. The summed E-state index contributed by atoms with van der Waals surface area (Å²) in [6, 6.07) is 3.17. The fraction of sp³-hybridized carbons (Fsp3) is 0.235. The van der Waals surface area contributed by atoms with Gasteiger partial charge in [-0.1, -0.05) is 0 Å². The summed E-state index contributed by atoms with van der Waals surface area (Å²) in [5.74, 6) is -0.492. The van der Waals surface area contributed by atoms with Gasteiger partial charge in [-0.05, 0) is 41.9 Å². The van der Waals surface area contributed by atoms with Crippen molar-refractivity contribution in [2.24, 2.45) is 0 Å². The standard InChI is InChI=1S/C17H14BrF2N5O2/c1-9-21-6-13(24-23-9)7-25-10(2)22-16(15(18)17(25)26)27-8-11-3-4-12(19)5-14(11)20/h3-6H,7-8H2,1-2H3. The Balaban J connectivity index is 1.83. The smallest absolute Gasteiger partial charge is 0.272 e. The second-order valence-corrected chi connectivity index (χ2v) is 6.48. The molecule has 27 heavy (non-hydrogen) atoms. The number of halogens is 3. The molecule has 0 saturated heterocycles. The maximum atomic E-state index is 13.7. The molecule has 3 aromatic rings.